The number of carbonyl (C=O) groups is 1. The van der Waals surface area contributed by atoms with Crippen LogP contribution in [0.1, 0.15) is 43.5 Å². The van der Waals surface area contributed by atoms with Crippen molar-refractivity contribution in [2.45, 2.75) is 33.2 Å². The first kappa shape index (κ1) is 18.7. The average Bonchev–Trinajstić information content (AvgIpc) is 2.62. The maximum Gasteiger partial charge on any atom is 0.238 e. The predicted octanol–water partition coefficient (Wildman–Crippen LogP) is 4.05. The number of hydrogen-bond acceptors (Lipinski definition) is 3. The Labute approximate surface area is 149 Å². The summed E-state index contributed by atoms with van der Waals surface area (Å²) in [6.07, 6.45) is 1.02. The highest BCUT2D eigenvalue weighted by Crippen LogP contribution is 2.22. The van der Waals surface area contributed by atoms with Crippen molar-refractivity contribution < 1.29 is 4.79 Å². The molecule has 0 radical (unpaired) electrons. The third-order valence-electron chi connectivity index (χ3n) is 4.17. The van der Waals surface area contributed by atoms with Crippen LogP contribution in [0.4, 0.5) is 5.69 Å². The monoisotopic (exact) mass is 335 g/mol. The Morgan fingerprint density at radius 1 is 1.16 bits per heavy atom. The highest BCUT2D eigenvalue weighted by Gasteiger charge is 2.16. The van der Waals surface area contributed by atoms with Crippen molar-refractivity contribution in [1.82, 2.24) is 5.32 Å². The number of amides is 1. The van der Waals surface area contributed by atoms with Crippen LogP contribution in [0.2, 0.25) is 0 Å². The Bertz CT molecular complexity index is 744. The highest BCUT2D eigenvalue weighted by molar-refractivity contribution is 5.92. The molecule has 0 aliphatic carbocycles. The molecule has 130 valence electrons. The molecule has 0 aliphatic heterocycles. The van der Waals surface area contributed by atoms with E-state index < -0.39 is 0 Å². The molecule has 0 fully saturated rings. The van der Waals surface area contributed by atoms with E-state index in [9.17, 15) is 4.79 Å². The van der Waals surface area contributed by atoms with E-state index in [0.717, 1.165) is 6.42 Å². The third-order valence-corrected chi connectivity index (χ3v) is 4.17. The van der Waals surface area contributed by atoms with Crippen LogP contribution in [0, 0.1) is 17.2 Å². The summed E-state index contributed by atoms with van der Waals surface area (Å²) >= 11 is 0. The summed E-state index contributed by atoms with van der Waals surface area (Å²) in [7, 11) is 0. The van der Waals surface area contributed by atoms with Crippen molar-refractivity contribution in [2.24, 2.45) is 5.92 Å². The van der Waals surface area contributed by atoms with E-state index in [2.05, 4.69) is 61.7 Å². The molecule has 2 rings (SSSR count). The Kier molecular flexibility index (Phi) is 6.73. The fourth-order valence-corrected chi connectivity index (χ4v) is 2.77. The minimum Gasteiger partial charge on any atom is -0.325 e. The molecule has 2 aromatic carbocycles. The zero-order valence-corrected chi connectivity index (χ0v) is 15.0. The molecule has 0 unspecified atom stereocenters. The van der Waals surface area contributed by atoms with Gasteiger partial charge < -0.3 is 10.6 Å². The topological polar surface area (TPSA) is 64.9 Å². The molecular formula is C21H25N3O. The van der Waals surface area contributed by atoms with Gasteiger partial charge in [-0.05, 0) is 41.7 Å². The number of nitriles is 1. The summed E-state index contributed by atoms with van der Waals surface area (Å²) < 4.78 is 0. The molecule has 2 aromatic rings. The molecule has 1 amide bonds. The smallest absolute Gasteiger partial charge is 0.238 e. The summed E-state index contributed by atoms with van der Waals surface area (Å²) in [5.41, 5.74) is 3.66. The molecule has 25 heavy (non-hydrogen) atoms. The van der Waals surface area contributed by atoms with E-state index in [1.807, 2.05) is 0 Å². The summed E-state index contributed by atoms with van der Waals surface area (Å²) in [6, 6.07) is 17.6. The lowest BCUT2D eigenvalue weighted by Gasteiger charge is -2.23. The average molecular weight is 335 g/mol. The second-order valence-corrected chi connectivity index (χ2v) is 6.44. The molecule has 0 saturated carbocycles. The van der Waals surface area contributed by atoms with Crippen molar-refractivity contribution in [2.75, 3.05) is 11.9 Å². The number of aryl methyl sites for hydroxylation is 1. The van der Waals surface area contributed by atoms with Gasteiger partial charge in [0.25, 0.3) is 0 Å². The van der Waals surface area contributed by atoms with Crippen LogP contribution in [0.15, 0.2) is 48.5 Å². The molecule has 0 heterocycles. The van der Waals surface area contributed by atoms with Gasteiger partial charge in [-0.15, -0.1) is 0 Å². The lowest BCUT2D eigenvalue weighted by Crippen LogP contribution is -2.33. The molecule has 4 heteroatoms. The minimum atomic E-state index is -0.120. The van der Waals surface area contributed by atoms with Gasteiger partial charge in [-0.25, -0.2) is 0 Å². The number of carbonyl (C=O) groups excluding carboxylic acids is 1. The van der Waals surface area contributed by atoms with E-state index in [1.165, 1.54) is 11.1 Å². The van der Waals surface area contributed by atoms with Crippen molar-refractivity contribution in [3.05, 3.63) is 65.2 Å². The standard InChI is InChI=1S/C21H25N3O/c1-4-16-8-10-18(11-9-16)21(15(2)3)23-14-20(25)24-19-7-5-6-17(12-19)13-22/h5-12,15,21,23H,4,14H2,1-3H3,(H,24,25)/t21-/m0/s1. The molecule has 0 bridgehead atoms. The summed E-state index contributed by atoms with van der Waals surface area (Å²) in [4.78, 5) is 12.2. The number of hydrogen-bond donors (Lipinski definition) is 2. The van der Waals surface area contributed by atoms with Crippen LogP contribution >= 0.6 is 0 Å². The molecular weight excluding hydrogens is 310 g/mol. The molecule has 0 spiro atoms. The van der Waals surface area contributed by atoms with Gasteiger partial charge in [0.15, 0.2) is 0 Å². The maximum atomic E-state index is 12.2. The predicted molar refractivity (Wildman–Crippen MR) is 101 cm³/mol. The largest absolute Gasteiger partial charge is 0.325 e. The quantitative estimate of drug-likeness (QED) is 0.802. The van der Waals surface area contributed by atoms with Crippen molar-refractivity contribution in [3.8, 4) is 6.07 Å². The van der Waals surface area contributed by atoms with Gasteiger partial charge in [0.1, 0.15) is 0 Å². The first-order chi connectivity index (χ1) is 12.0. The summed E-state index contributed by atoms with van der Waals surface area (Å²) in [5.74, 6) is 0.244. The summed E-state index contributed by atoms with van der Waals surface area (Å²) in [5, 5.41) is 15.1. The van der Waals surface area contributed by atoms with E-state index >= 15 is 0 Å². The van der Waals surface area contributed by atoms with Crippen LogP contribution in [-0.2, 0) is 11.2 Å². The SMILES string of the molecule is CCc1ccc([C@@H](NCC(=O)Nc2cccc(C#N)c2)C(C)C)cc1. The van der Waals surface area contributed by atoms with Crippen LogP contribution in [-0.4, -0.2) is 12.5 Å². The second-order valence-electron chi connectivity index (χ2n) is 6.44. The molecule has 2 N–H and O–H groups in total. The fraction of sp³-hybridized carbons (Fsp3) is 0.333. The van der Waals surface area contributed by atoms with Gasteiger partial charge in [-0.1, -0.05) is 51.1 Å². The van der Waals surface area contributed by atoms with Crippen molar-refractivity contribution in [1.29, 1.82) is 5.26 Å². The lowest BCUT2D eigenvalue weighted by molar-refractivity contribution is -0.115. The molecule has 0 aromatic heterocycles. The molecule has 1 atom stereocenters. The van der Waals surface area contributed by atoms with E-state index in [-0.39, 0.29) is 18.5 Å². The number of anilines is 1. The number of nitrogens with zero attached hydrogens (tertiary/aromatic N) is 1. The maximum absolute atomic E-state index is 12.2. The van der Waals surface area contributed by atoms with Gasteiger partial charge in [-0.3, -0.25) is 4.79 Å². The van der Waals surface area contributed by atoms with Gasteiger partial charge in [0.05, 0.1) is 18.2 Å². The van der Waals surface area contributed by atoms with Gasteiger partial charge in [0.2, 0.25) is 5.91 Å². The first-order valence-electron chi connectivity index (χ1n) is 8.65. The second kappa shape index (κ2) is 9.00. The Morgan fingerprint density at radius 2 is 1.88 bits per heavy atom. The molecule has 0 saturated heterocycles. The van der Waals surface area contributed by atoms with Crippen LogP contribution in [0.3, 0.4) is 0 Å². The Hall–Kier alpha value is -2.64. The molecule has 0 aliphatic rings. The van der Waals surface area contributed by atoms with Crippen LogP contribution in [0.25, 0.3) is 0 Å². The Balaban J connectivity index is 1.98. The van der Waals surface area contributed by atoms with Crippen LogP contribution < -0.4 is 10.6 Å². The van der Waals surface area contributed by atoms with Gasteiger partial charge in [-0.2, -0.15) is 5.26 Å². The molecule has 4 nitrogen and oxygen atoms in total. The summed E-state index contributed by atoms with van der Waals surface area (Å²) in [6.45, 7) is 6.63. The van der Waals surface area contributed by atoms with E-state index in [0.29, 0.717) is 17.2 Å². The van der Waals surface area contributed by atoms with Gasteiger partial charge >= 0.3 is 0 Å². The normalized spacial score (nSPS) is 11.8. The first-order valence-corrected chi connectivity index (χ1v) is 8.65. The van der Waals surface area contributed by atoms with Crippen LogP contribution in [0.5, 0.6) is 0 Å². The highest BCUT2D eigenvalue weighted by atomic mass is 16.1. The van der Waals surface area contributed by atoms with Crippen molar-refractivity contribution in [3.63, 3.8) is 0 Å². The zero-order valence-electron chi connectivity index (χ0n) is 15.0. The van der Waals surface area contributed by atoms with Gasteiger partial charge in [0, 0.05) is 11.7 Å². The number of rotatable bonds is 7. The van der Waals surface area contributed by atoms with E-state index in [4.69, 9.17) is 5.26 Å². The fourth-order valence-electron chi connectivity index (χ4n) is 2.77. The minimum absolute atomic E-state index is 0.113. The zero-order chi connectivity index (χ0) is 18.2. The number of nitrogens with one attached hydrogen (secondary N) is 2. The van der Waals surface area contributed by atoms with E-state index in [1.54, 1.807) is 24.3 Å². The Morgan fingerprint density at radius 3 is 2.48 bits per heavy atom. The number of benzene rings is 2. The van der Waals surface area contributed by atoms with Crippen molar-refractivity contribution >= 4 is 11.6 Å². The lowest BCUT2D eigenvalue weighted by atomic mass is 9.95. The third kappa shape index (κ3) is 5.44.